The molecule has 0 bridgehead atoms. The molecule has 1 aliphatic rings. The summed E-state index contributed by atoms with van der Waals surface area (Å²) in [5.41, 5.74) is 3.10. The third-order valence-electron chi connectivity index (χ3n) is 3.30. The third kappa shape index (κ3) is 2.06. The van der Waals surface area contributed by atoms with E-state index in [-0.39, 0.29) is 30.6 Å². The van der Waals surface area contributed by atoms with E-state index in [0.29, 0.717) is 0 Å². The topological polar surface area (TPSA) is 95.5 Å². The maximum absolute atomic E-state index is 14.0. The number of nitro groups is 1. The molecule has 0 fully saturated rings. The fourth-order valence-electron chi connectivity index (χ4n) is 2.39. The van der Waals surface area contributed by atoms with Crippen LogP contribution in [-0.2, 0) is 22.4 Å². The van der Waals surface area contributed by atoms with E-state index in [4.69, 9.17) is 10.5 Å². The minimum absolute atomic E-state index is 0.0703. The number of ether oxygens (including phenoxy) is 1. The van der Waals surface area contributed by atoms with Crippen LogP contribution in [0.25, 0.3) is 0 Å². The maximum atomic E-state index is 14.0. The predicted octanol–water partition coefficient (Wildman–Crippen LogP) is 1.73. The van der Waals surface area contributed by atoms with Gasteiger partial charge in [-0.2, -0.15) is 4.39 Å². The van der Waals surface area contributed by atoms with Crippen molar-refractivity contribution in [2.75, 3.05) is 12.3 Å². The molecule has 0 amide bonds. The van der Waals surface area contributed by atoms with Crippen LogP contribution in [0, 0.1) is 27.7 Å². The number of nitrogen functional groups attached to an aromatic ring is 1. The number of benzene rings is 1. The summed E-state index contributed by atoms with van der Waals surface area (Å²) in [4.78, 5) is 21.3. The number of carbonyl (C=O) groups excluding carboxylic acids is 1. The number of fused-ring (bicyclic) bond motifs is 1. The maximum Gasteiger partial charge on any atom is 0.330 e. The molecule has 1 aromatic carbocycles. The lowest BCUT2D eigenvalue weighted by molar-refractivity contribution is -0.386. The first-order valence-electron chi connectivity index (χ1n) is 5.97. The number of nitrogens with two attached hydrogens (primary N) is 1. The third-order valence-corrected chi connectivity index (χ3v) is 3.30. The molecule has 0 radical (unpaired) electrons. The van der Waals surface area contributed by atoms with Gasteiger partial charge in [0, 0.05) is 5.56 Å². The SMILES string of the molecule is CCOC(=O)C1Cc2c(F)c(N)c([N+](=O)[O-])c(F)c2C1. The molecule has 1 unspecified atom stereocenters. The number of rotatable bonds is 3. The molecule has 1 atom stereocenters. The van der Waals surface area contributed by atoms with E-state index in [1.807, 2.05) is 0 Å². The summed E-state index contributed by atoms with van der Waals surface area (Å²) in [7, 11) is 0. The Morgan fingerprint density at radius 2 is 1.95 bits per heavy atom. The van der Waals surface area contributed by atoms with Crippen molar-refractivity contribution >= 4 is 17.3 Å². The average molecular weight is 286 g/mol. The van der Waals surface area contributed by atoms with Crippen LogP contribution in [-0.4, -0.2) is 17.5 Å². The molecule has 108 valence electrons. The van der Waals surface area contributed by atoms with Crippen molar-refractivity contribution in [3.05, 3.63) is 32.9 Å². The van der Waals surface area contributed by atoms with E-state index in [2.05, 4.69) is 0 Å². The van der Waals surface area contributed by atoms with Crippen molar-refractivity contribution < 1.29 is 23.2 Å². The molecule has 2 N–H and O–H groups in total. The molecule has 0 spiro atoms. The van der Waals surface area contributed by atoms with E-state index in [1.54, 1.807) is 6.92 Å². The molecular weight excluding hydrogens is 274 g/mol. The lowest BCUT2D eigenvalue weighted by atomic mass is 10.1. The number of carbonyl (C=O) groups is 1. The second-order valence-corrected chi connectivity index (χ2v) is 4.46. The molecule has 8 heteroatoms. The summed E-state index contributed by atoms with van der Waals surface area (Å²) in [6, 6.07) is 0. The van der Waals surface area contributed by atoms with Gasteiger partial charge >= 0.3 is 11.7 Å². The van der Waals surface area contributed by atoms with Crippen molar-refractivity contribution in [2.24, 2.45) is 5.92 Å². The fraction of sp³-hybridized carbons (Fsp3) is 0.417. The van der Waals surface area contributed by atoms with Gasteiger partial charge in [0.2, 0.25) is 5.82 Å². The van der Waals surface area contributed by atoms with Gasteiger partial charge in [-0.1, -0.05) is 0 Å². The second-order valence-electron chi connectivity index (χ2n) is 4.46. The summed E-state index contributed by atoms with van der Waals surface area (Å²) in [5, 5.41) is 10.7. The largest absolute Gasteiger partial charge is 0.466 e. The normalized spacial score (nSPS) is 16.9. The van der Waals surface area contributed by atoms with Gasteiger partial charge in [0.25, 0.3) is 0 Å². The van der Waals surface area contributed by atoms with Gasteiger partial charge in [0.1, 0.15) is 0 Å². The summed E-state index contributed by atoms with van der Waals surface area (Å²) in [6.07, 6.45) is -0.197. The van der Waals surface area contributed by atoms with Crippen LogP contribution in [0.1, 0.15) is 18.1 Å². The first-order valence-corrected chi connectivity index (χ1v) is 5.97. The molecule has 0 aliphatic heterocycles. The van der Waals surface area contributed by atoms with Crippen LogP contribution in [0.2, 0.25) is 0 Å². The molecular formula is C12H12F2N2O4. The number of halogens is 2. The molecule has 2 rings (SSSR count). The van der Waals surface area contributed by atoms with E-state index < -0.39 is 39.8 Å². The number of esters is 1. The average Bonchev–Trinajstić information content (AvgIpc) is 2.81. The van der Waals surface area contributed by atoms with Crippen LogP contribution in [0.5, 0.6) is 0 Å². The van der Waals surface area contributed by atoms with Gasteiger partial charge in [-0.25, -0.2) is 4.39 Å². The molecule has 0 saturated heterocycles. The fourth-order valence-corrected chi connectivity index (χ4v) is 2.39. The summed E-state index contributed by atoms with van der Waals surface area (Å²) >= 11 is 0. The van der Waals surface area contributed by atoms with Crippen molar-refractivity contribution in [2.45, 2.75) is 19.8 Å². The van der Waals surface area contributed by atoms with E-state index in [1.165, 1.54) is 0 Å². The van der Waals surface area contributed by atoms with E-state index in [9.17, 15) is 23.7 Å². The van der Waals surface area contributed by atoms with Gasteiger partial charge in [-0.05, 0) is 25.3 Å². The van der Waals surface area contributed by atoms with Crippen LogP contribution in [0.15, 0.2) is 0 Å². The zero-order valence-corrected chi connectivity index (χ0v) is 10.6. The smallest absolute Gasteiger partial charge is 0.330 e. The molecule has 1 aromatic rings. The number of nitro benzene ring substituents is 1. The molecule has 0 saturated carbocycles. The number of nitrogens with zero attached hydrogens (tertiary/aromatic N) is 1. The number of hydrogen-bond donors (Lipinski definition) is 1. The van der Waals surface area contributed by atoms with Crippen LogP contribution in [0.3, 0.4) is 0 Å². The van der Waals surface area contributed by atoms with Crippen LogP contribution < -0.4 is 5.73 Å². The van der Waals surface area contributed by atoms with Crippen LogP contribution in [0.4, 0.5) is 20.2 Å². The van der Waals surface area contributed by atoms with Crippen molar-refractivity contribution in [1.82, 2.24) is 0 Å². The highest BCUT2D eigenvalue weighted by Crippen LogP contribution is 2.40. The standard InChI is InChI=1S/C12H12F2N2O4/c1-2-20-12(17)5-3-6-7(4-5)9(14)11(16(18)19)10(15)8(6)13/h5H,2-4,15H2,1H3. The summed E-state index contributed by atoms with van der Waals surface area (Å²) in [5.74, 6) is -3.52. The van der Waals surface area contributed by atoms with E-state index >= 15 is 0 Å². The predicted molar refractivity (Wildman–Crippen MR) is 65.0 cm³/mol. The molecule has 6 nitrogen and oxygen atoms in total. The lowest BCUT2D eigenvalue weighted by Crippen LogP contribution is -2.18. The molecule has 20 heavy (non-hydrogen) atoms. The Morgan fingerprint density at radius 1 is 1.40 bits per heavy atom. The highest BCUT2D eigenvalue weighted by Gasteiger charge is 2.38. The first-order chi connectivity index (χ1) is 9.38. The van der Waals surface area contributed by atoms with Gasteiger partial charge < -0.3 is 10.5 Å². The second kappa shape index (κ2) is 5.03. The minimum atomic E-state index is -1.17. The Hall–Kier alpha value is -2.25. The number of anilines is 1. The van der Waals surface area contributed by atoms with Crippen molar-refractivity contribution in [1.29, 1.82) is 0 Å². The Morgan fingerprint density at radius 3 is 2.45 bits per heavy atom. The quantitative estimate of drug-likeness (QED) is 0.395. The molecule has 1 aliphatic carbocycles. The zero-order valence-electron chi connectivity index (χ0n) is 10.6. The monoisotopic (exact) mass is 286 g/mol. The highest BCUT2D eigenvalue weighted by atomic mass is 19.1. The Bertz CT molecular complexity index is 604. The van der Waals surface area contributed by atoms with E-state index in [0.717, 1.165) is 0 Å². The summed E-state index contributed by atoms with van der Waals surface area (Å²) < 4.78 is 32.8. The van der Waals surface area contributed by atoms with Gasteiger partial charge in [-0.3, -0.25) is 14.9 Å². The Balaban J connectivity index is 2.47. The number of hydrogen-bond acceptors (Lipinski definition) is 5. The lowest BCUT2D eigenvalue weighted by Gasteiger charge is -2.07. The Kier molecular flexibility index (Phi) is 3.56. The van der Waals surface area contributed by atoms with Crippen molar-refractivity contribution in [3.8, 4) is 0 Å². The van der Waals surface area contributed by atoms with Crippen LogP contribution >= 0.6 is 0 Å². The van der Waals surface area contributed by atoms with Gasteiger partial charge in [0.15, 0.2) is 11.5 Å². The minimum Gasteiger partial charge on any atom is -0.466 e. The summed E-state index contributed by atoms with van der Waals surface area (Å²) in [6.45, 7) is 1.77. The molecule has 0 aromatic heterocycles. The first kappa shape index (κ1) is 14.2. The van der Waals surface area contributed by atoms with Gasteiger partial charge in [0.05, 0.1) is 17.4 Å². The zero-order chi connectivity index (χ0) is 15.0. The van der Waals surface area contributed by atoms with Crippen molar-refractivity contribution in [3.63, 3.8) is 0 Å². The Labute approximate surface area is 112 Å². The molecule has 0 heterocycles. The van der Waals surface area contributed by atoms with Gasteiger partial charge in [-0.15, -0.1) is 0 Å². The highest BCUT2D eigenvalue weighted by molar-refractivity contribution is 5.76.